The van der Waals surface area contributed by atoms with Crippen LogP contribution < -0.4 is 4.74 Å². The van der Waals surface area contributed by atoms with Crippen LogP contribution in [0.5, 0.6) is 5.75 Å². The maximum Gasteiger partial charge on any atom is 0.166 e. The Hall–Kier alpha value is -1.61. The summed E-state index contributed by atoms with van der Waals surface area (Å²) in [6.45, 7) is 0. The molecular formula is C18H17BrO2. The highest BCUT2D eigenvalue weighted by molar-refractivity contribution is 9.10. The molecule has 108 valence electrons. The maximum absolute atomic E-state index is 12.7. The summed E-state index contributed by atoms with van der Waals surface area (Å²) in [7, 11) is 1.62. The third-order valence-electron chi connectivity index (χ3n) is 4.15. The molecule has 2 aromatic rings. The smallest absolute Gasteiger partial charge is 0.166 e. The number of rotatable bonds is 3. The fraction of sp³-hybridized carbons (Fsp3) is 0.278. The van der Waals surface area contributed by atoms with Crippen molar-refractivity contribution in [1.29, 1.82) is 0 Å². The van der Waals surface area contributed by atoms with Crippen LogP contribution in [-0.2, 0) is 12.8 Å². The van der Waals surface area contributed by atoms with E-state index in [-0.39, 0.29) is 11.7 Å². The summed E-state index contributed by atoms with van der Waals surface area (Å²) >= 11 is 3.45. The lowest BCUT2D eigenvalue weighted by Crippen LogP contribution is -2.22. The Bertz CT molecular complexity index is 679. The van der Waals surface area contributed by atoms with Gasteiger partial charge in [-0.15, -0.1) is 0 Å². The Morgan fingerprint density at radius 1 is 1.19 bits per heavy atom. The predicted octanol–water partition coefficient (Wildman–Crippen LogP) is 4.45. The van der Waals surface area contributed by atoms with Gasteiger partial charge in [0.25, 0.3) is 0 Å². The van der Waals surface area contributed by atoms with Crippen molar-refractivity contribution >= 4 is 21.7 Å². The molecule has 1 unspecified atom stereocenters. The van der Waals surface area contributed by atoms with Crippen LogP contribution in [0, 0.1) is 5.92 Å². The van der Waals surface area contributed by atoms with E-state index in [9.17, 15) is 4.79 Å². The van der Waals surface area contributed by atoms with Crippen molar-refractivity contribution in [3.63, 3.8) is 0 Å². The minimum absolute atomic E-state index is 0.0835. The van der Waals surface area contributed by atoms with Crippen LogP contribution in [0.4, 0.5) is 0 Å². The molecule has 0 fully saturated rings. The van der Waals surface area contributed by atoms with Gasteiger partial charge in [-0.3, -0.25) is 4.79 Å². The van der Waals surface area contributed by atoms with Crippen LogP contribution >= 0.6 is 15.9 Å². The summed E-state index contributed by atoms with van der Waals surface area (Å²) in [6, 6.07) is 14.0. The molecule has 0 aliphatic heterocycles. The van der Waals surface area contributed by atoms with E-state index in [2.05, 4.69) is 40.2 Å². The third kappa shape index (κ3) is 2.88. The second kappa shape index (κ2) is 6.02. The van der Waals surface area contributed by atoms with E-state index in [1.807, 2.05) is 18.2 Å². The summed E-state index contributed by atoms with van der Waals surface area (Å²) in [5, 5.41) is 0. The highest BCUT2D eigenvalue weighted by atomic mass is 79.9. The van der Waals surface area contributed by atoms with E-state index in [4.69, 9.17) is 4.74 Å². The van der Waals surface area contributed by atoms with Crippen molar-refractivity contribution in [2.45, 2.75) is 19.3 Å². The van der Waals surface area contributed by atoms with Crippen molar-refractivity contribution in [1.82, 2.24) is 0 Å². The number of ether oxygens (including phenoxy) is 1. The van der Waals surface area contributed by atoms with Crippen LogP contribution in [0.15, 0.2) is 46.9 Å². The van der Waals surface area contributed by atoms with E-state index >= 15 is 0 Å². The van der Waals surface area contributed by atoms with Gasteiger partial charge in [0, 0.05) is 11.5 Å². The Morgan fingerprint density at radius 2 is 1.95 bits per heavy atom. The van der Waals surface area contributed by atoms with Crippen LogP contribution in [-0.4, -0.2) is 12.9 Å². The first kappa shape index (κ1) is 14.3. The first-order chi connectivity index (χ1) is 10.2. The molecule has 2 nitrogen and oxygen atoms in total. The van der Waals surface area contributed by atoms with Crippen molar-refractivity contribution in [2.75, 3.05) is 7.11 Å². The van der Waals surface area contributed by atoms with Crippen LogP contribution in [0.1, 0.15) is 27.9 Å². The SMILES string of the molecule is COc1ccc(C(=O)C2CCc3ccccc3C2)cc1Br. The van der Waals surface area contributed by atoms with Gasteiger partial charge in [-0.2, -0.15) is 0 Å². The van der Waals surface area contributed by atoms with Gasteiger partial charge >= 0.3 is 0 Å². The lowest BCUT2D eigenvalue weighted by atomic mass is 9.80. The van der Waals surface area contributed by atoms with Crippen molar-refractivity contribution in [3.8, 4) is 5.75 Å². The number of benzene rings is 2. The monoisotopic (exact) mass is 344 g/mol. The van der Waals surface area contributed by atoms with Gasteiger partial charge in [0.15, 0.2) is 5.78 Å². The first-order valence-electron chi connectivity index (χ1n) is 7.13. The molecule has 0 saturated heterocycles. The number of aryl methyl sites for hydroxylation is 1. The molecule has 0 spiro atoms. The van der Waals surface area contributed by atoms with Gasteiger partial charge in [0.1, 0.15) is 5.75 Å². The Kier molecular flexibility index (Phi) is 4.11. The fourth-order valence-electron chi connectivity index (χ4n) is 2.98. The average molecular weight is 345 g/mol. The highest BCUT2D eigenvalue weighted by Gasteiger charge is 2.25. The summed E-state index contributed by atoms with van der Waals surface area (Å²) < 4.78 is 6.04. The third-order valence-corrected chi connectivity index (χ3v) is 4.77. The van der Waals surface area contributed by atoms with E-state index in [0.717, 1.165) is 35.0 Å². The lowest BCUT2D eigenvalue weighted by Gasteiger charge is -2.23. The number of methoxy groups -OCH3 is 1. The number of hydrogen-bond acceptors (Lipinski definition) is 2. The topological polar surface area (TPSA) is 26.3 Å². The van der Waals surface area contributed by atoms with Gasteiger partial charge in [-0.25, -0.2) is 0 Å². The predicted molar refractivity (Wildman–Crippen MR) is 87.0 cm³/mol. The minimum Gasteiger partial charge on any atom is -0.496 e. The number of carbonyl (C=O) groups excluding carboxylic acids is 1. The average Bonchev–Trinajstić information content (AvgIpc) is 2.53. The normalized spacial score (nSPS) is 17.1. The standard InChI is InChI=1S/C18H17BrO2/c1-21-17-9-8-15(11-16(17)19)18(20)14-7-6-12-4-2-3-5-13(12)10-14/h2-5,8-9,11,14H,6-7,10H2,1H3. The van der Waals surface area contributed by atoms with E-state index in [0.29, 0.717) is 0 Å². The molecule has 0 saturated carbocycles. The van der Waals surface area contributed by atoms with Crippen molar-refractivity contribution in [2.24, 2.45) is 5.92 Å². The highest BCUT2D eigenvalue weighted by Crippen LogP contribution is 2.30. The summed E-state index contributed by atoms with van der Waals surface area (Å²) in [5.74, 6) is 1.06. The number of fused-ring (bicyclic) bond motifs is 1. The van der Waals surface area contributed by atoms with E-state index < -0.39 is 0 Å². The number of Topliss-reactive ketones (excluding diaryl/α,β-unsaturated/α-hetero) is 1. The molecule has 1 aliphatic carbocycles. The van der Waals surface area contributed by atoms with Crippen molar-refractivity contribution < 1.29 is 9.53 Å². The van der Waals surface area contributed by atoms with Gasteiger partial charge in [-0.1, -0.05) is 24.3 Å². The largest absolute Gasteiger partial charge is 0.496 e. The Balaban J connectivity index is 1.82. The van der Waals surface area contributed by atoms with Crippen LogP contribution in [0.2, 0.25) is 0 Å². The summed E-state index contributed by atoms with van der Waals surface area (Å²) in [5.41, 5.74) is 3.46. The molecule has 0 bridgehead atoms. The van der Waals surface area contributed by atoms with E-state index in [1.54, 1.807) is 7.11 Å². The minimum atomic E-state index is 0.0835. The fourth-order valence-corrected chi connectivity index (χ4v) is 3.52. The molecule has 0 N–H and O–H groups in total. The van der Waals surface area contributed by atoms with Crippen molar-refractivity contribution in [3.05, 3.63) is 63.6 Å². The van der Waals surface area contributed by atoms with Crippen LogP contribution in [0.25, 0.3) is 0 Å². The Labute approximate surface area is 133 Å². The van der Waals surface area contributed by atoms with E-state index in [1.165, 1.54) is 11.1 Å². The molecular weight excluding hydrogens is 328 g/mol. The first-order valence-corrected chi connectivity index (χ1v) is 7.93. The number of hydrogen-bond donors (Lipinski definition) is 0. The Morgan fingerprint density at radius 3 is 2.67 bits per heavy atom. The number of carbonyl (C=O) groups is 1. The molecule has 0 aromatic heterocycles. The molecule has 3 heteroatoms. The molecule has 1 aliphatic rings. The zero-order chi connectivity index (χ0) is 14.8. The zero-order valence-corrected chi connectivity index (χ0v) is 13.5. The lowest BCUT2D eigenvalue weighted by molar-refractivity contribution is 0.0908. The van der Waals surface area contributed by atoms with Gasteiger partial charge in [-0.05, 0) is 64.5 Å². The molecule has 0 amide bonds. The number of halogens is 1. The second-order valence-electron chi connectivity index (χ2n) is 5.42. The molecule has 0 radical (unpaired) electrons. The van der Waals surface area contributed by atoms with Gasteiger partial charge < -0.3 is 4.74 Å². The summed E-state index contributed by atoms with van der Waals surface area (Å²) in [4.78, 5) is 12.7. The quantitative estimate of drug-likeness (QED) is 0.769. The summed E-state index contributed by atoms with van der Waals surface area (Å²) in [6.07, 6.45) is 2.77. The number of ketones is 1. The second-order valence-corrected chi connectivity index (χ2v) is 6.28. The maximum atomic E-state index is 12.7. The van der Waals surface area contributed by atoms with Gasteiger partial charge in [0.05, 0.1) is 11.6 Å². The van der Waals surface area contributed by atoms with Crippen LogP contribution in [0.3, 0.4) is 0 Å². The van der Waals surface area contributed by atoms with Gasteiger partial charge in [0.2, 0.25) is 0 Å². The molecule has 3 rings (SSSR count). The molecule has 21 heavy (non-hydrogen) atoms. The molecule has 0 heterocycles. The molecule has 2 aromatic carbocycles. The molecule has 1 atom stereocenters. The zero-order valence-electron chi connectivity index (χ0n) is 11.9.